The second kappa shape index (κ2) is 10.0. The van der Waals surface area contributed by atoms with Gasteiger partial charge in [-0.3, -0.25) is 4.90 Å². The minimum Gasteiger partial charge on any atom is -0.491 e. The zero-order valence-electron chi connectivity index (χ0n) is 19.4. The lowest BCUT2D eigenvalue weighted by molar-refractivity contribution is 0.0691. The third-order valence-electron chi connectivity index (χ3n) is 7.02. The lowest BCUT2D eigenvalue weighted by Gasteiger charge is -2.31. The van der Waals surface area contributed by atoms with E-state index in [0.717, 1.165) is 32.5 Å². The molecule has 34 heavy (non-hydrogen) atoms. The first-order chi connectivity index (χ1) is 16.6. The maximum Gasteiger partial charge on any atom is 0.339 e. The predicted octanol–water partition coefficient (Wildman–Crippen LogP) is 6.27. The standard InChI is InChI=1S/C28H30N2O3S/c1-20(22-12-17-34-19-22)30-18-25(23-6-2-4-8-26(23)30)21-10-13-29(14-11-21)15-16-33-27-9-5-3-7-24(27)28(31)32/h2-9,12,17-21H,10-11,13-16H2,1H3,(H,31,32). The van der Waals surface area contributed by atoms with Crippen molar-refractivity contribution in [2.45, 2.75) is 31.7 Å². The van der Waals surface area contributed by atoms with Gasteiger partial charge in [0.05, 0.1) is 6.04 Å². The van der Waals surface area contributed by atoms with Crippen LogP contribution in [-0.2, 0) is 0 Å². The zero-order chi connectivity index (χ0) is 23.5. The molecule has 0 bridgehead atoms. The first-order valence-electron chi connectivity index (χ1n) is 11.9. The molecule has 1 N–H and O–H groups in total. The second-order valence-electron chi connectivity index (χ2n) is 9.01. The number of fused-ring (bicyclic) bond motifs is 1. The first kappa shape index (κ1) is 22.7. The van der Waals surface area contributed by atoms with Crippen LogP contribution in [0.4, 0.5) is 0 Å². The van der Waals surface area contributed by atoms with E-state index >= 15 is 0 Å². The molecule has 0 amide bonds. The fraction of sp³-hybridized carbons (Fsp3) is 0.321. The molecule has 0 aliphatic carbocycles. The molecule has 4 aromatic rings. The molecule has 176 valence electrons. The molecule has 2 aromatic carbocycles. The Balaban J connectivity index is 1.23. The van der Waals surface area contributed by atoms with E-state index in [1.165, 1.54) is 22.0 Å². The van der Waals surface area contributed by atoms with Gasteiger partial charge in [0.1, 0.15) is 17.9 Å². The third kappa shape index (κ3) is 4.61. The SMILES string of the molecule is CC(c1ccsc1)n1cc(C2CCN(CCOc3ccccc3C(=O)O)CC2)c2ccccc21. The van der Waals surface area contributed by atoms with E-state index in [0.29, 0.717) is 24.3 Å². The Morgan fingerprint density at radius 1 is 1.12 bits per heavy atom. The topological polar surface area (TPSA) is 54.7 Å². The molecule has 0 spiro atoms. The number of hydrogen-bond acceptors (Lipinski definition) is 4. The summed E-state index contributed by atoms with van der Waals surface area (Å²) in [7, 11) is 0. The number of piperidine rings is 1. The van der Waals surface area contributed by atoms with Crippen molar-refractivity contribution in [1.82, 2.24) is 9.47 Å². The summed E-state index contributed by atoms with van der Waals surface area (Å²) in [4.78, 5) is 13.8. The van der Waals surface area contributed by atoms with Crippen LogP contribution in [0.1, 0.15) is 53.2 Å². The van der Waals surface area contributed by atoms with Gasteiger partial charge in [-0.15, -0.1) is 0 Å². The van der Waals surface area contributed by atoms with Gasteiger partial charge in [-0.05, 0) is 84.9 Å². The van der Waals surface area contributed by atoms with E-state index in [4.69, 9.17) is 4.74 Å². The number of hydrogen-bond donors (Lipinski definition) is 1. The summed E-state index contributed by atoms with van der Waals surface area (Å²) in [6.45, 7) is 5.62. The molecule has 2 aromatic heterocycles. The second-order valence-corrected chi connectivity index (χ2v) is 9.79. The smallest absolute Gasteiger partial charge is 0.339 e. The van der Waals surface area contributed by atoms with Gasteiger partial charge in [-0.2, -0.15) is 11.3 Å². The minimum atomic E-state index is -0.955. The molecule has 1 aliphatic heterocycles. The van der Waals surface area contributed by atoms with Gasteiger partial charge in [0.25, 0.3) is 0 Å². The number of ether oxygens (including phenoxy) is 1. The average molecular weight is 475 g/mol. The number of benzene rings is 2. The number of carbonyl (C=O) groups is 1. The largest absolute Gasteiger partial charge is 0.491 e. The molecule has 1 atom stereocenters. The molecule has 5 nitrogen and oxygen atoms in total. The Labute approximate surface area is 204 Å². The van der Waals surface area contributed by atoms with Gasteiger partial charge in [-0.25, -0.2) is 4.79 Å². The summed E-state index contributed by atoms with van der Waals surface area (Å²) < 4.78 is 8.25. The van der Waals surface area contributed by atoms with E-state index in [-0.39, 0.29) is 5.56 Å². The maximum absolute atomic E-state index is 11.4. The van der Waals surface area contributed by atoms with Crippen LogP contribution < -0.4 is 4.74 Å². The van der Waals surface area contributed by atoms with Crippen LogP contribution in [-0.4, -0.2) is 46.8 Å². The van der Waals surface area contributed by atoms with Crippen LogP contribution in [0.15, 0.2) is 71.6 Å². The average Bonchev–Trinajstić information content (AvgIpc) is 3.53. The summed E-state index contributed by atoms with van der Waals surface area (Å²) >= 11 is 1.75. The Morgan fingerprint density at radius 3 is 2.65 bits per heavy atom. The van der Waals surface area contributed by atoms with Gasteiger partial charge in [0.2, 0.25) is 0 Å². The highest BCUT2D eigenvalue weighted by Crippen LogP contribution is 2.37. The summed E-state index contributed by atoms with van der Waals surface area (Å²) in [5.41, 5.74) is 4.35. The first-order valence-corrected chi connectivity index (χ1v) is 12.8. The van der Waals surface area contributed by atoms with Gasteiger partial charge in [-0.1, -0.05) is 30.3 Å². The molecule has 6 heteroatoms. The molecule has 1 saturated heterocycles. The van der Waals surface area contributed by atoms with Gasteiger partial charge >= 0.3 is 5.97 Å². The van der Waals surface area contributed by atoms with Crippen molar-refractivity contribution < 1.29 is 14.6 Å². The zero-order valence-corrected chi connectivity index (χ0v) is 20.2. The quantitative estimate of drug-likeness (QED) is 0.327. The summed E-state index contributed by atoms with van der Waals surface area (Å²) in [6, 6.07) is 18.2. The Morgan fingerprint density at radius 2 is 1.88 bits per heavy atom. The lowest BCUT2D eigenvalue weighted by Crippen LogP contribution is -2.35. The molecule has 1 unspecified atom stereocenters. The number of carboxylic acid groups (broad SMARTS) is 1. The number of aromatic nitrogens is 1. The van der Waals surface area contributed by atoms with Crippen molar-refractivity contribution in [1.29, 1.82) is 0 Å². The van der Waals surface area contributed by atoms with Crippen LogP contribution in [0, 0.1) is 0 Å². The predicted molar refractivity (Wildman–Crippen MR) is 137 cm³/mol. The van der Waals surface area contributed by atoms with Crippen molar-refractivity contribution in [3.05, 3.63) is 88.2 Å². The highest BCUT2D eigenvalue weighted by molar-refractivity contribution is 7.08. The fourth-order valence-electron chi connectivity index (χ4n) is 5.07. The molecule has 3 heterocycles. The molecule has 1 aliphatic rings. The fourth-order valence-corrected chi connectivity index (χ4v) is 5.82. The van der Waals surface area contributed by atoms with Crippen molar-refractivity contribution in [3.63, 3.8) is 0 Å². The van der Waals surface area contributed by atoms with Crippen LogP contribution in [0.3, 0.4) is 0 Å². The van der Waals surface area contributed by atoms with E-state index in [2.05, 4.69) is 63.7 Å². The normalized spacial score (nSPS) is 16.0. The number of likely N-dealkylation sites (tertiary alicyclic amines) is 1. The maximum atomic E-state index is 11.4. The molecule has 5 rings (SSSR count). The number of rotatable bonds is 8. The molecule has 1 fully saturated rings. The Bertz CT molecular complexity index is 1260. The van der Waals surface area contributed by atoms with Gasteiger partial charge < -0.3 is 14.4 Å². The summed E-state index contributed by atoms with van der Waals surface area (Å²) in [5, 5.41) is 15.1. The van der Waals surface area contributed by atoms with Crippen LogP contribution in [0.25, 0.3) is 10.9 Å². The van der Waals surface area contributed by atoms with Crippen molar-refractivity contribution in [2.24, 2.45) is 0 Å². The number of carboxylic acids is 1. The molecule has 0 radical (unpaired) electrons. The minimum absolute atomic E-state index is 0.217. The highest BCUT2D eigenvalue weighted by atomic mass is 32.1. The van der Waals surface area contributed by atoms with Crippen molar-refractivity contribution in [2.75, 3.05) is 26.2 Å². The number of aromatic carboxylic acids is 1. The Kier molecular flexibility index (Phi) is 6.70. The van der Waals surface area contributed by atoms with Gasteiger partial charge in [0.15, 0.2) is 0 Å². The highest BCUT2D eigenvalue weighted by Gasteiger charge is 2.25. The monoisotopic (exact) mass is 474 g/mol. The van der Waals surface area contributed by atoms with Crippen LogP contribution in [0.5, 0.6) is 5.75 Å². The molecular weight excluding hydrogens is 444 g/mol. The van der Waals surface area contributed by atoms with E-state index in [1.807, 2.05) is 6.07 Å². The summed E-state index contributed by atoms with van der Waals surface area (Å²) in [5.74, 6) is 0.0343. The van der Waals surface area contributed by atoms with Crippen molar-refractivity contribution >= 4 is 28.2 Å². The number of thiophene rings is 1. The van der Waals surface area contributed by atoms with E-state index in [9.17, 15) is 9.90 Å². The van der Waals surface area contributed by atoms with Gasteiger partial charge in [0, 0.05) is 23.6 Å². The number of nitrogens with zero attached hydrogens (tertiary/aromatic N) is 2. The van der Waals surface area contributed by atoms with Crippen molar-refractivity contribution in [3.8, 4) is 5.75 Å². The third-order valence-corrected chi connectivity index (χ3v) is 7.73. The van der Waals surface area contributed by atoms with Crippen LogP contribution >= 0.6 is 11.3 Å². The lowest BCUT2D eigenvalue weighted by atomic mass is 9.89. The summed E-state index contributed by atoms with van der Waals surface area (Å²) in [6.07, 6.45) is 4.62. The molecule has 0 saturated carbocycles. The molecular formula is C28H30N2O3S. The number of para-hydroxylation sites is 2. The van der Waals surface area contributed by atoms with E-state index < -0.39 is 5.97 Å². The van der Waals surface area contributed by atoms with Crippen LogP contribution in [0.2, 0.25) is 0 Å². The van der Waals surface area contributed by atoms with E-state index in [1.54, 1.807) is 29.5 Å². The Hall–Kier alpha value is -3.09.